The number of hydrogen-bond acceptors (Lipinski definition) is 4. The summed E-state index contributed by atoms with van der Waals surface area (Å²) < 4.78 is 4.64. The average molecular weight is 257 g/mol. The Morgan fingerprint density at radius 2 is 1.67 bits per heavy atom. The van der Waals surface area contributed by atoms with Gasteiger partial charge in [0, 0.05) is 38.1 Å². The molecule has 2 amide bonds. The third-order valence-corrected chi connectivity index (χ3v) is 3.05. The SMILES string of the molecule is COC(=O)N1CCN(C(=O)CCC(C)(C)N)CC1. The normalized spacial score (nSPS) is 16.7. The zero-order chi connectivity index (χ0) is 13.8. The van der Waals surface area contributed by atoms with Gasteiger partial charge < -0.3 is 20.3 Å². The lowest BCUT2D eigenvalue weighted by molar-refractivity contribution is -0.133. The van der Waals surface area contributed by atoms with Gasteiger partial charge in [0.2, 0.25) is 5.91 Å². The van der Waals surface area contributed by atoms with E-state index in [2.05, 4.69) is 4.74 Å². The molecule has 0 aromatic carbocycles. The van der Waals surface area contributed by atoms with Gasteiger partial charge in [0.15, 0.2) is 0 Å². The summed E-state index contributed by atoms with van der Waals surface area (Å²) in [4.78, 5) is 26.6. The van der Waals surface area contributed by atoms with Crippen molar-refractivity contribution in [2.24, 2.45) is 5.73 Å². The summed E-state index contributed by atoms with van der Waals surface area (Å²) in [5, 5.41) is 0. The van der Waals surface area contributed by atoms with Gasteiger partial charge in [-0.2, -0.15) is 0 Å². The predicted octanol–water partition coefficient (Wildman–Crippen LogP) is 0.415. The fourth-order valence-corrected chi connectivity index (χ4v) is 1.85. The molecule has 1 aliphatic heterocycles. The van der Waals surface area contributed by atoms with Crippen LogP contribution in [0.15, 0.2) is 0 Å². The molecule has 2 N–H and O–H groups in total. The molecule has 1 aliphatic rings. The van der Waals surface area contributed by atoms with Crippen LogP contribution < -0.4 is 5.73 Å². The summed E-state index contributed by atoms with van der Waals surface area (Å²) in [6.07, 6.45) is 0.801. The van der Waals surface area contributed by atoms with Crippen molar-refractivity contribution in [1.82, 2.24) is 9.80 Å². The van der Waals surface area contributed by atoms with Crippen molar-refractivity contribution in [3.8, 4) is 0 Å². The lowest BCUT2D eigenvalue weighted by atomic mass is 9.99. The van der Waals surface area contributed by atoms with E-state index in [1.54, 1.807) is 9.80 Å². The second-order valence-electron chi connectivity index (χ2n) is 5.33. The minimum atomic E-state index is -0.329. The van der Waals surface area contributed by atoms with E-state index >= 15 is 0 Å². The highest BCUT2D eigenvalue weighted by atomic mass is 16.5. The van der Waals surface area contributed by atoms with E-state index in [4.69, 9.17) is 5.73 Å². The smallest absolute Gasteiger partial charge is 0.409 e. The molecular weight excluding hydrogens is 234 g/mol. The maximum absolute atomic E-state index is 11.9. The van der Waals surface area contributed by atoms with Crippen LogP contribution in [0.2, 0.25) is 0 Å². The Balaban J connectivity index is 2.34. The Kier molecular flexibility index (Phi) is 4.95. The average Bonchev–Trinajstić information content (AvgIpc) is 2.34. The van der Waals surface area contributed by atoms with Crippen molar-refractivity contribution in [2.45, 2.75) is 32.2 Å². The molecule has 0 spiro atoms. The lowest BCUT2D eigenvalue weighted by Gasteiger charge is -2.34. The summed E-state index contributed by atoms with van der Waals surface area (Å²) in [7, 11) is 1.36. The molecule has 1 saturated heterocycles. The third-order valence-electron chi connectivity index (χ3n) is 3.05. The fourth-order valence-electron chi connectivity index (χ4n) is 1.85. The van der Waals surface area contributed by atoms with Crippen LogP contribution in [0.1, 0.15) is 26.7 Å². The van der Waals surface area contributed by atoms with Crippen molar-refractivity contribution in [3.05, 3.63) is 0 Å². The molecule has 18 heavy (non-hydrogen) atoms. The van der Waals surface area contributed by atoms with Crippen LogP contribution in [-0.4, -0.2) is 60.6 Å². The van der Waals surface area contributed by atoms with Gasteiger partial charge in [-0.25, -0.2) is 4.79 Å². The van der Waals surface area contributed by atoms with Crippen LogP contribution in [0.3, 0.4) is 0 Å². The first-order valence-electron chi connectivity index (χ1n) is 6.23. The van der Waals surface area contributed by atoms with Gasteiger partial charge in [-0.1, -0.05) is 0 Å². The Hall–Kier alpha value is -1.30. The van der Waals surface area contributed by atoms with Crippen molar-refractivity contribution in [2.75, 3.05) is 33.3 Å². The van der Waals surface area contributed by atoms with Gasteiger partial charge in [0.25, 0.3) is 0 Å². The van der Waals surface area contributed by atoms with E-state index < -0.39 is 0 Å². The number of nitrogens with two attached hydrogens (primary N) is 1. The van der Waals surface area contributed by atoms with E-state index in [9.17, 15) is 9.59 Å². The maximum Gasteiger partial charge on any atom is 0.409 e. The fraction of sp³-hybridized carbons (Fsp3) is 0.833. The molecule has 0 aromatic heterocycles. The molecule has 0 aliphatic carbocycles. The monoisotopic (exact) mass is 257 g/mol. The van der Waals surface area contributed by atoms with Crippen LogP contribution in [0.5, 0.6) is 0 Å². The minimum Gasteiger partial charge on any atom is -0.453 e. The van der Waals surface area contributed by atoms with E-state index in [0.717, 1.165) is 0 Å². The molecular formula is C12H23N3O3. The van der Waals surface area contributed by atoms with Crippen LogP contribution in [0.25, 0.3) is 0 Å². The standard InChI is InChI=1S/C12H23N3O3/c1-12(2,13)5-4-10(16)14-6-8-15(9-7-14)11(17)18-3/h4-9,13H2,1-3H3. The topological polar surface area (TPSA) is 75.9 Å². The summed E-state index contributed by atoms with van der Waals surface area (Å²) in [5.41, 5.74) is 5.54. The highest BCUT2D eigenvalue weighted by molar-refractivity contribution is 5.76. The number of ether oxygens (including phenoxy) is 1. The molecule has 1 heterocycles. The van der Waals surface area contributed by atoms with Gasteiger partial charge in [-0.3, -0.25) is 4.79 Å². The minimum absolute atomic E-state index is 0.109. The largest absolute Gasteiger partial charge is 0.453 e. The molecule has 104 valence electrons. The molecule has 0 bridgehead atoms. The zero-order valence-electron chi connectivity index (χ0n) is 11.4. The number of methoxy groups -OCH3 is 1. The summed E-state index contributed by atoms with van der Waals surface area (Å²) in [6, 6.07) is 0. The van der Waals surface area contributed by atoms with Crippen LogP contribution in [-0.2, 0) is 9.53 Å². The first-order chi connectivity index (χ1) is 8.33. The van der Waals surface area contributed by atoms with Gasteiger partial charge >= 0.3 is 6.09 Å². The van der Waals surface area contributed by atoms with Gasteiger partial charge in [0.05, 0.1) is 7.11 Å². The number of hydrogen-bond donors (Lipinski definition) is 1. The van der Waals surface area contributed by atoms with Crippen molar-refractivity contribution < 1.29 is 14.3 Å². The van der Waals surface area contributed by atoms with Crippen LogP contribution >= 0.6 is 0 Å². The van der Waals surface area contributed by atoms with Crippen molar-refractivity contribution in [3.63, 3.8) is 0 Å². The third kappa shape index (κ3) is 4.52. The van der Waals surface area contributed by atoms with Gasteiger partial charge in [0.1, 0.15) is 0 Å². The molecule has 0 atom stereocenters. The first kappa shape index (κ1) is 14.8. The number of rotatable bonds is 3. The van der Waals surface area contributed by atoms with Gasteiger partial charge in [-0.05, 0) is 20.3 Å². The van der Waals surface area contributed by atoms with Crippen molar-refractivity contribution in [1.29, 1.82) is 0 Å². The number of piperazine rings is 1. The summed E-state index contributed by atoms with van der Waals surface area (Å²) >= 11 is 0. The van der Waals surface area contributed by atoms with Crippen LogP contribution in [0.4, 0.5) is 4.79 Å². The second-order valence-corrected chi connectivity index (χ2v) is 5.33. The van der Waals surface area contributed by atoms with E-state index in [1.165, 1.54) is 7.11 Å². The Bertz CT molecular complexity index is 304. The lowest BCUT2D eigenvalue weighted by Crippen LogP contribution is -2.50. The number of carbonyl (C=O) groups excluding carboxylic acids is 2. The second kappa shape index (κ2) is 6.04. The molecule has 1 fully saturated rings. The van der Waals surface area contributed by atoms with Crippen LogP contribution in [0, 0.1) is 0 Å². The van der Waals surface area contributed by atoms with E-state index in [1.807, 2.05) is 13.8 Å². The zero-order valence-corrected chi connectivity index (χ0v) is 11.4. The maximum atomic E-state index is 11.9. The first-order valence-corrected chi connectivity index (χ1v) is 6.23. The van der Waals surface area contributed by atoms with E-state index in [-0.39, 0.29) is 17.5 Å². The molecule has 0 radical (unpaired) electrons. The highest BCUT2D eigenvalue weighted by Crippen LogP contribution is 2.11. The molecule has 6 heteroatoms. The Morgan fingerprint density at radius 3 is 2.11 bits per heavy atom. The molecule has 0 unspecified atom stereocenters. The Labute approximate surface area is 108 Å². The highest BCUT2D eigenvalue weighted by Gasteiger charge is 2.25. The number of nitrogens with zero attached hydrogens (tertiary/aromatic N) is 2. The molecule has 1 rings (SSSR count). The molecule has 0 saturated carbocycles. The summed E-state index contributed by atoms with van der Waals surface area (Å²) in [6.45, 7) is 6.03. The predicted molar refractivity (Wildman–Crippen MR) is 68.1 cm³/mol. The summed E-state index contributed by atoms with van der Waals surface area (Å²) in [5.74, 6) is 0.109. The molecule has 6 nitrogen and oxygen atoms in total. The molecule has 0 aromatic rings. The van der Waals surface area contributed by atoms with Crippen molar-refractivity contribution >= 4 is 12.0 Å². The Morgan fingerprint density at radius 1 is 1.17 bits per heavy atom. The van der Waals surface area contributed by atoms with E-state index in [0.29, 0.717) is 39.0 Å². The number of amides is 2. The number of carbonyl (C=O) groups is 2. The quantitative estimate of drug-likeness (QED) is 0.794. The van der Waals surface area contributed by atoms with Gasteiger partial charge in [-0.15, -0.1) is 0 Å².